The van der Waals surface area contributed by atoms with Gasteiger partial charge in [0.05, 0.1) is 5.92 Å². The van der Waals surface area contributed by atoms with Crippen LogP contribution >= 0.6 is 0 Å². The normalized spacial score (nSPS) is 18.5. The lowest BCUT2D eigenvalue weighted by Crippen LogP contribution is -2.50. The number of hydrogen-bond donors (Lipinski definition) is 1. The smallest absolute Gasteiger partial charge is 0.306 e. The molecule has 1 fully saturated rings. The van der Waals surface area contributed by atoms with Crippen LogP contribution in [0.3, 0.4) is 0 Å². The summed E-state index contributed by atoms with van der Waals surface area (Å²) in [7, 11) is -3.48. The number of rotatable bonds is 8. The summed E-state index contributed by atoms with van der Waals surface area (Å²) in [6.07, 6.45) is 3.72. The molecular weight excluding hydrogens is 292 g/mol. The lowest BCUT2D eigenvalue weighted by molar-refractivity contribution is -0.142. The molecule has 0 amide bonds. The van der Waals surface area contributed by atoms with Crippen LogP contribution in [0, 0.1) is 5.92 Å². The van der Waals surface area contributed by atoms with E-state index in [0.717, 1.165) is 19.3 Å². The zero-order valence-electron chi connectivity index (χ0n) is 13.3. The Morgan fingerprint density at radius 3 is 2.29 bits per heavy atom. The fraction of sp³-hybridized carbons (Fsp3) is 0.929. The molecule has 1 aliphatic heterocycles. The molecule has 0 unspecified atom stereocenters. The van der Waals surface area contributed by atoms with Crippen molar-refractivity contribution in [2.75, 3.05) is 19.6 Å². The van der Waals surface area contributed by atoms with Crippen molar-refractivity contribution < 1.29 is 18.3 Å². The standard InChI is InChI=1S/C14H28N2O4S/c1-4-5-6-9-16(12(2)3)21(19,20)15-10-7-13(8-11-15)14(17)18/h12-13H,4-11H2,1-3H3,(H,17,18). The Hall–Kier alpha value is -0.660. The predicted molar refractivity (Wildman–Crippen MR) is 82.2 cm³/mol. The molecule has 1 N–H and O–H groups in total. The number of aliphatic carboxylic acids is 1. The van der Waals surface area contributed by atoms with Gasteiger partial charge in [0.1, 0.15) is 0 Å². The maximum Gasteiger partial charge on any atom is 0.306 e. The van der Waals surface area contributed by atoms with Crippen molar-refractivity contribution in [2.45, 2.75) is 58.9 Å². The quantitative estimate of drug-likeness (QED) is 0.693. The van der Waals surface area contributed by atoms with E-state index in [1.165, 1.54) is 4.31 Å². The third kappa shape index (κ3) is 4.93. The molecule has 1 aliphatic rings. The zero-order valence-corrected chi connectivity index (χ0v) is 14.1. The van der Waals surface area contributed by atoms with Crippen molar-refractivity contribution in [1.29, 1.82) is 0 Å². The van der Waals surface area contributed by atoms with Crippen molar-refractivity contribution in [1.82, 2.24) is 8.61 Å². The Morgan fingerprint density at radius 1 is 1.29 bits per heavy atom. The van der Waals surface area contributed by atoms with Crippen LogP contribution in [0.1, 0.15) is 52.9 Å². The first-order valence-electron chi connectivity index (χ1n) is 7.80. The molecule has 1 heterocycles. The van der Waals surface area contributed by atoms with Gasteiger partial charge in [-0.3, -0.25) is 4.79 Å². The van der Waals surface area contributed by atoms with Gasteiger partial charge >= 0.3 is 5.97 Å². The van der Waals surface area contributed by atoms with E-state index >= 15 is 0 Å². The molecule has 0 aliphatic carbocycles. The van der Waals surface area contributed by atoms with Crippen LogP contribution in [0.5, 0.6) is 0 Å². The van der Waals surface area contributed by atoms with E-state index in [0.29, 0.717) is 32.5 Å². The highest BCUT2D eigenvalue weighted by atomic mass is 32.2. The van der Waals surface area contributed by atoms with Crippen LogP contribution in [0.2, 0.25) is 0 Å². The van der Waals surface area contributed by atoms with Crippen molar-refractivity contribution in [3.05, 3.63) is 0 Å². The Balaban J connectivity index is 2.71. The largest absolute Gasteiger partial charge is 0.481 e. The summed E-state index contributed by atoms with van der Waals surface area (Å²) >= 11 is 0. The van der Waals surface area contributed by atoms with E-state index in [1.54, 1.807) is 4.31 Å². The molecule has 0 bridgehead atoms. The Morgan fingerprint density at radius 2 is 1.86 bits per heavy atom. The number of nitrogens with zero attached hydrogens (tertiary/aromatic N) is 2. The van der Waals surface area contributed by atoms with Crippen molar-refractivity contribution >= 4 is 16.2 Å². The fourth-order valence-electron chi connectivity index (χ4n) is 2.64. The average Bonchev–Trinajstić information content (AvgIpc) is 2.43. The Labute approximate surface area is 128 Å². The van der Waals surface area contributed by atoms with E-state index in [-0.39, 0.29) is 6.04 Å². The molecule has 7 heteroatoms. The molecule has 0 aromatic rings. The maximum atomic E-state index is 12.7. The van der Waals surface area contributed by atoms with Crippen LogP contribution in [0.15, 0.2) is 0 Å². The molecule has 6 nitrogen and oxygen atoms in total. The molecule has 0 radical (unpaired) electrons. The SMILES string of the molecule is CCCCCN(C(C)C)S(=O)(=O)N1CCC(C(=O)O)CC1. The monoisotopic (exact) mass is 320 g/mol. The molecule has 0 atom stereocenters. The van der Waals surface area contributed by atoms with Gasteiger partial charge in [-0.05, 0) is 33.1 Å². The van der Waals surface area contributed by atoms with Gasteiger partial charge in [0.2, 0.25) is 0 Å². The second kappa shape index (κ2) is 8.10. The average molecular weight is 320 g/mol. The minimum atomic E-state index is -3.48. The Kier molecular flexibility index (Phi) is 7.09. The summed E-state index contributed by atoms with van der Waals surface area (Å²) in [6, 6.07) is -0.0796. The molecule has 0 aromatic carbocycles. The van der Waals surface area contributed by atoms with E-state index < -0.39 is 22.1 Å². The first-order chi connectivity index (χ1) is 9.80. The van der Waals surface area contributed by atoms with Gasteiger partial charge in [-0.15, -0.1) is 0 Å². The van der Waals surface area contributed by atoms with Crippen molar-refractivity contribution in [3.63, 3.8) is 0 Å². The number of hydrogen-bond acceptors (Lipinski definition) is 3. The van der Waals surface area contributed by atoms with Gasteiger partial charge in [-0.25, -0.2) is 0 Å². The number of piperidine rings is 1. The van der Waals surface area contributed by atoms with Crippen LogP contribution in [0.4, 0.5) is 0 Å². The molecule has 124 valence electrons. The summed E-state index contributed by atoms with van der Waals surface area (Å²) in [5.41, 5.74) is 0. The Bertz CT molecular complexity index is 428. The van der Waals surface area contributed by atoms with Gasteiger partial charge in [0.25, 0.3) is 10.2 Å². The lowest BCUT2D eigenvalue weighted by Gasteiger charge is -2.35. The van der Waals surface area contributed by atoms with Gasteiger partial charge in [-0.1, -0.05) is 19.8 Å². The van der Waals surface area contributed by atoms with Gasteiger partial charge < -0.3 is 5.11 Å². The highest BCUT2D eigenvalue weighted by Gasteiger charge is 2.35. The van der Waals surface area contributed by atoms with Gasteiger partial charge in [0.15, 0.2) is 0 Å². The summed E-state index contributed by atoms with van der Waals surface area (Å²) < 4.78 is 28.4. The summed E-state index contributed by atoms with van der Waals surface area (Å²) in [5.74, 6) is -1.24. The third-order valence-electron chi connectivity index (χ3n) is 3.98. The lowest BCUT2D eigenvalue weighted by atomic mass is 9.99. The summed E-state index contributed by atoms with van der Waals surface area (Å²) in [4.78, 5) is 10.9. The van der Waals surface area contributed by atoms with Gasteiger partial charge in [0, 0.05) is 25.7 Å². The van der Waals surface area contributed by atoms with E-state index in [9.17, 15) is 13.2 Å². The van der Waals surface area contributed by atoms with Crippen molar-refractivity contribution in [3.8, 4) is 0 Å². The third-order valence-corrected chi connectivity index (χ3v) is 6.20. The number of carboxylic acid groups (broad SMARTS) is 1. The van der Waals surface area contributed by atoms with E-state index in [1.807, 2.05) is 13.8 Å². The zero-order chi connectivity index (χ0) is 16.0. The second-order valence-corrected chi connectivity index (χ2v) is 7.81. The predicted octanol–water partition coefficient (Wildman–Crippen LogP) is 1.93. The van der Waals surface area contributed by atoms with E-state index in [2.05, 4.69) is 6.92 Å². The highest BCUT2D eigenvalue weighted by molar-refractivity contribution is 7.86. The molecule has 1 saturated heterocycles. The minimum Gasteiger partial charge on any atom is -0.481 e. The number of unbranched alkanes of at least 4 members (excludes halogenated alkanes) is 2. The molecule has 0 saturated carbocycles. The first kappa shape index (κ1) is 18.4. The van der Waals surface area contributed by atoms with E-state index in [4.69, 9.17) is 5.11 Å². The minimum absolute atomic E-state index is 0.0796. The van der Waals surface area contributed by atoms with Gasteiger partial charge in [-0.2, -0.15) is 17.0 Å². The fourth-order valence-corrected chi connectivity index (χ4v) is 4.50. The maximum absolute atomic E-state index is 12.7. The second-order valence-electron chi connectivity index (χ2n) is 5.93. The number of carbonyl (C=O) groups is 1. The molecular formula is C14H28N2O4S. The molecule has 21 heavy (non-hydrogen) atoms. The molecule has 0 spiro atoms. The number of carboxylic acids is 1. The van der Waals surface area contributed by atoms with Crippen LogP contribution in [-0.2, 0) is 15.0 Å². The highest BCUT2D eigenvalue weighted by Crippen LogP contribution is 2.23. The molecule has 0 aromatic heterocycles. The summed E-state index contributed by atoms with van der Waals surface area (Å²) in [6.45, 7) is 6.99. The molecule has 1 rings (SSSR count). The topological polar surface area (TPSA) is 77.9 Å². The van der Waals surface area contributed by atoms with Crippen LogP contribution in [0.25, 0.3) is 0 Å². The van der Waals surface area contributed by atoms with Crippen molar-refractivity contribution in [2.24, 2.45) is 5.92 Å². The van der Waals surface area contributed by atoms with Crippen LogP contribution in [-0.4, -0.2) is 53.8 Å². The first-order valence-corrected chi connectivity index (χ1v) is 9.20. The van der Waals surface area contributed by atoms with Crippen LogP contribution < -0.4 is 0 Å². The summed E-state index contributed by atoms with van der Waals surface area (Å²) in [5, 5.41) is 8.99.